The highest BCUT2D eigenvalue weighted by atomic mass is 16.5. The van der Waals surface area contributed by atoms with Crippen molar-refractivity contribution in [2.75, 3.05) is 39.4 Å². The highest BCUT2D eigenvalue weighted by molar-refractivity contribution is 5.78. The lowest BCUT2D eigenvalue weighted by molar-refractivity contribution is -0.120. The van der Waals surface area contributed by atoms with Crippen molar-refractivity contribution in [2.24, 2.45) is 5.92 Å². The average molecular weight is 277 g/mol. The lowest BCUT2D eigenvalue weighted by Crippen LogP contribution is -2.41. The van der Waals surface area contributed by atoms with Crippen molar-refractivity contribution in [1.29, 1.82) is 0 Å². The van der Waals surface area contributed by atoms with Crippen LogP contribution in [-0.4, -0.2) is 55.2 Å². The van der Waals surface area contributed by atoms with Crippen LogP contribution >= 0.6 is 0 Å². The molecular weight excluding hydrogens is 254 g/mol. The number of hydrogen-bond acceptors (Lipinski definition) is 4. The van der Waals surface area contributed by atoms with E-state index in [9.17, 15) is 4.79 Å². The van der Waals surface area contributed by atoms with E-state index >= 15 is 0 Å². The van der Waals surface area contributed by atoms with Crippen LogP contribution < -0.4 is 5.32 Å². The van der Waals surface area contributed by atoms with E-state index in [0.717, 1.165) is 45.0 Å². The normalized spacial score (nSPS) is 17.6. The minimum absolute atomic E-state index is 0.0619. The third kappa shape index (κ3) is 5.27. The Labute approximate surface area is 120 Å². The first-order chi connectivity index (χ1) is 9.74. The van der Waals surface area contributed by atoms with Crippen LogP contribution in [-0.2, 0) is 16.0 Å². The molecule has 1 aliphatic heterocycles. The van der Waals surface area contributed by atoms with E-state index in [0.29, 0.717) is 12.3 Å². The summed E-state index contributed by atoms with van der Waals surface area (Å²) in [6.45, 7) is 7.52. The van der Waals surface area contributed by atoms with Gasteiger partial charge in [-0.2, -0.15) is 0 Å². The number of nitrogens with one attached hydrogen (secondary N) is 1. The Bertz CT molecular complexity index is 405. The van der Waals surface area contributed by atoms with Crippen molar-refractivity contribution in [2.45, 2.75) is 13.3 Å². The van der Waals surface area contributed by atoms with Crippen molar-refractivity contribution in [3.8, 4) is 0 Å². The van der Waals surface area contributed by atoms with Crippen LogP contribution in [0.25, 0.3) is 0 Å². The molecule has 1 fully saturated rings. The van der Waals surface area contributed by atoms with Crippen LogP contribution in [0.2, 0.25) is 0 Å². The van der Waals surface area contributed by atoms with Gasteiger partial charge in [0.05, 0.1) is 19.6 Å². The molecule has 0 aliphatic carbocycles. The van der Waals surface area contributed by atoms with E-state index in [4.69, 9.17) is 4.74 Å². The van der Waals surface area contributed by atoms with Gasteiger partial charge in [-0.25, -0.2) is 0 Å². The number of carbonyl (C=O) groups is 1. The Morgan fingerprint density at radius 2 is 2.30 bits per heavy atom. The lowest BCUT2D eigenvalue weighted by Gasteiger charge is -2.29. The molecule has 0 spiro atoms. The molecule has 5 nitrogen and oxygen atoms in total. The van der Waals surface area contributed by atoms with Crippen LogP contribution in [0.3, 0.4) is 0 Å². The summed E-state index contributed by atoms with van der Waals surface area (Å²) in [6.07, 6.45) is 3.85. The Kier molecular flexibility index (Phi) is 5.95. The third-order valence-corrected chi connectivity index (χ3v) is 3.41. The summed E-state index contributed by atoms with van der Waals surface area (Å²) >= 11 is 0. The minimum atomic E-state index is 0.0619. The van der Waals surface area contributed by atoms with Gasteiger partial charge in [0.2, 0.25) is 5.91 Å². The standard InChI is InChI=1S/C15H23N3O2/c1-13(12-18-5-7-20-8-6-18)10-17-15(19)9-14-3-2-4-16-11-14/h2-4,11,13H,5-10,12H2,1H3,(H,17,19). The van der Waals surface area contributed by atoms with Gasteiger partial charge < -0.3 is 10.1 Å². The van der Waals surface area contributed by atoms with Crippen LogP contribution in [0.5, 0.6) is 0 Å². The van der Waals surface area contributed by atoms with E-state index < -0.39 is 0 Å². The van der Waals surface area contributed by atoms with Crippen molar-refractivity contribution in [3.63, 3.8) is 0 Å². The zero-order valence-corrected chi connectivity index (χ0v) is 12.0. The Balaban J connectivity index is 1.64. The van der Waals surface area contributed by atoms with E-state index in [-0.39, 0.29) is 5.91 Å². The Morgan fingerprint density at radius 1 is 1.50 bits per heavy atom. The molecule has 1 saturated heterocycles. The third-order valence-electron chi connectivity index (χ3n) is 3.41. The predicted octanol–water partition coefficient (Wildman–Crippen LogP) is 0.709. The molecule has 2 rings (SSSR count). The SMILES string of the molecule is CC(CNC(=O)Cc1cccnc1)CN1CCOCC1. The summed E-state index contributed by atoms with van der Waals surface area (Å²) in [5.74, 6) is 0.512. The first-order valence-corrected chi connectivity index (χ1v) is 7.20. The lowest BCUT2D eigenvalue weighted by atomic mass is 10.1. The molecule has 1 atom stereocenters. The van der Waals surface area contributed by atoms with Gasteiger partial charge in [0.25, 0.3) is 0 Å². The number of nitrogens with zero attached hydrogens (tertiary/aromatic N) is 2. The molecule has 1 aromatic heterocycles. The van der Waals surface area contributed by atoms with Gasteiger partial charge in [0, 0.05) is 38.6 Å². The smallest absolute Gasteiger partial charge is 0.224 e. The van der Waals surface area contributed by atoms with Crippen LogP contribution in [0, 0.1) is 5.92 Å². The fraction of sp³-hybridized carbons (Fsp3) is 0.600. The van der Waals surface area contributed by atoms with Crippen molar-refractivity contribution in [3.05, 3.63) is 30.1 Å². The second kappa shape index (κ2) is 7.97. The number of pyridine rings is 1. The number of ether oxygens (including phenoxy) is 1. The molecule has 0 bridgehead atoms. The van der Waals surface area contributed by atoms with Gasteiger partial charge >= 0.3 is 0 Å². The highest BCUT2D eigenvalue weighted by Gasteiger charge is 2.14. The fourth-order valence-corrected chi connectivity index (χ4v) is 2.33. The van der Waals surface area contributed by atoms with E-state index in [1.54, 1.807) is 12.4 Å². The summed E-state index contributed by atoms with van der Waals surface area (Å²) in [6, 6.07) is 3.77. The number of carbonyl (C=O) groups excluding carboxylic acids is 1. The van der Waals surface area contributed by atoms with Gasteiger partial charge in [0.1, 0.15) is 0 Å². The molecule has 20 heavy (non-hydrogen) atoms. The molecule has 1 unspecified atom stereocenters. The highest BCUT2D eigenvalue weighted by Crippen LogP contribution is 2.03. The second-order valence-corrected chi connectivity index (χ2v) is 5.36. The van der Waals surface area contributed by atoms with Crippen molar-refractivity contribution in [1.82, 2.24) is 15.2 Å². The number of morpholine rings is 1. The Morgan fingerprint density at radius 3 is 3.00 bits per heavy atom. The van der Waals surface area contributed by atoms with Gasteiger partial charge in [-0.15, -0.1) is 0 Å². The molecule has 5 heteroatoms. The molecule has 1 aliphatic rings. The zero-order valence-electron chi connectivity index (χ0n) is 12.0. The van der Waals surface area contributed by atoms with E-state index in [1.807, 2.05) is 12.1 Å². The van der Waals surface area contributed by atoms with Crippen LogP contribution in [0.4, 0.5) is 0 Å². The molecule has 110 valence electrons. The first kappa shape index (κ1) is 14.9. The predicted molar refractivity (Wildman–Crippen MR) is 77.4 cm³/mol. The summed E-state index contributed by atoms with van der Waals surface area (Å²) < 4.78 is 5.33. The van der Waals surface area contributed by atoms with Crippen molar-refractivity contribution < 1.29 is 9.53 Å². The summed E-state index contributed by atoms with van der Waals surface area (Å²) in [7, 11) is 0. The van der Waals surface area contributed by atoms with E-state index in [2.05, 4.69) is 22.1 Å². The van der Waals surface area contributed by atoms with Crippen molar-refractivity contribution >= 4 is 5.91 Å². The zero-order chi connectivity index (χ0) is 14.2. The largest absolute Gasteiger partial charge is 0.379 e. The topological polar surface area (TPSA) is 54.5 Å². The van der Waals surface area contributed by atoms with Gasteiger partial charge in [-0.05, 0) is 17.5 Å². The van der Waals surface area contributed by atoms with Crippen LogP contribution in [0.15, 0.2) is 24.5 Å². The van der Waals surface area contributed by atoms with Gasteiger partial charge in [-0.3, -0.25) is 14.7 Å². The number of amides is 1. The molecule has 1 aromatic rings. The Hall–Kier alpha value is -1.46. The number of rotatable bonds is 6. The first-order valence-electron chi connectivity index (χ1n) is 7.20. The molecule has 0 saturated carbocycles. The molecule has 1 N–H and O–H groups in total. The molecule has 1 amide bonds. The number of hydrogen-bond donors (Lipinski definition) is 1. The fourth-order valence-electron chi connectivity index (χ4n) is 2.33. The second-order valence-electron chi connectivity index (χ2n) is 5.36. The summed E-state index contributed by atoms with van der Waals surface area (Å²) in [5, 5.41) is 3.00. The summed E-state index contributed by atoms with van der Waals surface area (Å²) in [4.78, 5) is 18.2. The van der Waals surface area contributed by atoms with Gasteiger partial charge in [0.15, 0.2) is 0 Å². The van der Waals surface area contributed by atoms with Gasteiger partial charge in [-0.1, -0.05) is 13.0 Å². The maximum atomic E-state index is 11.8. The monoisotopic (exact) mass is 277 g/mol. The van der Waals surface area contributed by atoms with Crippen LogP contribution in [0.1, 0.15) is 12.5 Å². The van der Waals surface area contributed by atoms with E-state index in [1.165, 1.54) is 0 Å². The molecule has 0 radical (unpaired) electrons. The molecule has 0 aromatic carbocycles. The quantitative estimate of drug-likeness (QED) is 0.832. The summed E-state index contributed by atoms with van der Waals surface area (Å²) in [5.41, 5.74) is 0.950. The molecular formula is C15H23N3O2. The maximum Gasteiger partial charge on any atom is 0.224 e. The minimum Gasteiger partial charge on any atom is -0.379 e. The average Bonchev–Trinajstić information content (AvgIpc) is 2.47. The number of aromatic nitrogens is 1. The maximum absolute atomic E-state index is 11.8. The molecule has 2 heterocycles.